The van der Waals surface area contributed by atoms with Crippen LogP contribution in [0.15, 0.2) is 24.3 Å². The Kier molecular flexibility index (Phi) is 7.41. The maximum Gasteiger partial charge on any atom is 0.246 e. The third-order valence-corrected chi connectivity index (χ3v) is 5.24. The van der Waals surface area contributed by atoms with Crippen molar-refractivity contribution in [1.82, 2.24) is 10.2 Å². The van der Waals surface area contributed by atoms with Crippen LogP contribution in [0.25, 0.3) is 0 Å². The van der Waals surface area contributed by atoms with Crippen LogP contribution in [0.5, 0.6) is 0 Å². The highest BCUT2D eigenvalue weighted by Crippen LogP contribution is 2.22. The molecule has 0 spiro atoms. The number of ether oxygens (including phenoxy) is 2. The minimum Gasteiger partial charge on any atom is -0.379 e. The van der Waals surface area contributed by atoms with Crippen molar-refractivity contribution in [1.29, 1.82) is 0 Å². The zero-order valence-corrected chi connectivity index (χ0v) is 15.3. The molecule has 1 N–H and O–H groups in total. The van der Waals surface area contributed by atoms with Crippen LogP contribution < -0.4 is 5.32 Å². The molecule has 0 bridgehead atoms. The number of carbonyl (C=O) groups excluding carboxylic acids is 1. The van der Waals surface area contributed by atoms with E-state index in [0.29, 0.717) is 19.8 Å². The zero-order valence-electron chi connectivity index (χ0n) is 15.3. The lowest BCUT2D eigenvalue weighted by atomic mass is 9.98. The number of nitrogens with one attached hydrogen (secondary N) is 1. The van der Waals surface area contributed by atoms with Crippen LogP contribution in [-0.2, 0) is 14.3 Å². The first-order valence-corrected chi connectivity index (χ1v) is 9.68. The number of amides is 1. The first-order chi connectivity index (χ1) is 12.7. The number of hydrogen-bond acceptors (Lipinski definition) is 4. The van der Waals surface area contributed by atoms with Crippen molar-refractivity contribution in [3.63, 3.8) is 0 Å². The molecular formula is C20H29FN2O3. The number of halogens is 1. The summed E-state index contributed by atoms with van der Waals surface area (Å²) in [6.07, 6.45) is 5.98. The van der Waals surface area contributed by atoms with Crippen LogP contribution in [0.2, 0.25) is 0 Å². The predicted octanol–water partition coefficient (Wildman–Crippen LogP) is 2.66. The molecule has 1 aromatic carbocycles. The molecule has 2 fully saturated rings. The molecule has 2 aliphatic rings. The maximum atomic E-state index is 13.3. The monoisotopic (exact) mass is 364 g/mol. The van der Waals surface area contributed by atoms with Gasteiger partial charge in [0.1, 0.15) is 12.4 Å². The molecule has 1 aliphatic heterocycles. The van der Waals surface area contributed by atoms with E-state index in [1.165, 1.54) is 31.4 Å². The van der Waals surface area contributed by atoms with Crippen molar-refractivity contribution in [2.45, 2.75) is 44.2 Å². The Hall–Kier alpha value is -1.50. The van der Waals surface area contributed by atoms with Crippen molar-refractivity contribution in [2.75, 3.05) is 39.5 Å². The number of carbonyl (C=O) groups is 1. The fourth-order valence-corrected chi connectivity index (χ4v) is 3.72. The van der Waals surface area contributed by atoms with Crippen LogP contribution in [0, 0.1) is 5.82 Å². The second-order valence-corrected chi connectivity index (χ2v) is 7.09. The standard InChI is InChI=1S/C20H29FN2O3/c21-17-8-6-16(7-9-17)19(23-10-12-25-13-11-23)14-22-20(24)15-26-18-4-2-1-3-5-18/h6-9,18-19H,1-5,10-15H2,(H,22,24). The fourth-order valence-electron chi connectivity index (χ4n) is 3.72. The van der Waals surface area contributed by atoms with Gasteiger partial charge in [-0.25, -0.2) is 4.39 Å². The van der Waals surface area contributed by atoms with Crippen molar-refractivity contribution < 1.29 is 18.7 Å². The lowest BCUT2D eigenvalue weighted by Crippen LogP contribution is -2.44. The van der Waals surface area contributed by atoms with Crippen LogP contribution in [0.4, 0.5) is 4.39 Å². The molecule has 1 aromatic rings. The molecule has 1 saturated carbocycles. The number of nitrogens with zero attached hydrogens (tertiary/aromatic N) is 1. The summed E-state index contributed by atoms with van der Waals surface area (Å²) in [5.41, 5.74) is 1.00. The topological polar surface area (TPSA) is 50.8 Å². The van der Waals surface area contributed by atoms with E-state index in [-0.39, 0.29) is 30.5 Å². The number of rotatable bonds is 7. The van der Waals surface area contributed by atoms with Gasteiger partial charge in [0.15, 0.2) is 0 Å². The lowest BCUT2D eigenvalue weighted by molar-refractivity contribution is -0.128. The zero-order chi connectivity index (χ0) is 18.2. The molecule has 0 aromatic heterocycles. The van der Waals surface area contributed by atoms with Crippen LogP contribution in [0.1, 0.15) is 43.7 Å². The van der Waals surface area contributed by atoms with Crippen molar-refractivity contribution >= 4 is 5.91 Å². The van der Waals surface area contributed by atoms with E-state index < -0.39 is 0 Å². The Morgan fingerprint density at radius 1 is 1.19 bits per heavy atom. The quantitative estimate of drug-likeness (QED) is 0.808. The molecule has 1 saturated heterocycles. The van der Waals surface area contributed by atoms with Gasteiger partial charge in [-0.1, -0.05) is 31.4 Å². The molecule has 6 heteroatoms. The molecule has 1 heterocycles. The highest BCUT2D eigenvalue weighted by molar-refractivity contribution is 5.77. The Morgan fingerprint density at radius 2 is 1.88 bits per heavy atom. The molecule has 1 amide bonds. The Morgan fingerprint density at radius 3 is 2.58 bits per heavy atom. The summed E-state index contributed by atoms with van der Waals surface area (Å²) < 4.78 is 24.4. The lowest BCUT2D eigenvalue weighted by Gasteiger charge is -2.35. The maximum absolute atomic E-state index is 13.3. The Labute approximate surface area is 154 Å². The van der Waals surface area contributed by atoms with E-state index in [1.54, 1.807) is 12.1 Å². The van der Waals surface area contributed by atoms with Crippen LogP contribution >= 0.6 is 0 Å². The third-order valence-electron chi connectivity index (χ3n) is 5.24. The second kappa shape index (κ2) is 10.00. The van der Waals surface area contributed by atoms with Crippen molar-refractivity contribution in [2.24, 2.45) is 0 Å². The molecule has 0 radical (unpaired) electrons. The van der Waals surface area contributed by atoms with Gasteiger partial charge in [-0.3, -0.25) is 9.69 Å². The average molecular weight is 364 g/mol. The molecule has 26 heavy (non-hydrogen) atoms. The van der Waals surface area contributed by atoms with Crippen LogP contribution in [0.3, 0.4) is 0 Å². The van der Waals surface area contributed by atoms with Crippen molar-refractivity contribution in [3.05, 3.63) is 35.6 Å². The van der Waals surface area contributed by atoms with Gasteiger partial charge in [-0.2, -0.15) is 0 Å². The number of benzene rings is 1. The smallest absolute Gasteiger partial charge is 0.246 e. The van der Waals surface area contributed by atoms with Crippen LogP contribution in [-0.4, -0.2) is 56.4 Å². The predicted molar refractivity (Wildman–Crippen MR) is 97.4 cm³/mol. The van der Waals surface area contributed by atoms with Gasteiger partial charge in [0, 0.05) is 19.6 Å². The Balaban J connectivity index is 1.52. The minimum absolute atomic E-state index is 0.0122. The summed E-state index contributed by atoms with van der Waals surface area (Å²) >= 11 is 0. The molecule has 1 aliphatic carbocycles. The van der Waals surface area contributed by atoms with Gasteiger partial charge in [-0.15, -0.1) is 0 Å². The molecular weight excluding hydrogens is 335 g/mol. The van der Waals surface area contributed by atoms with Gasteiger partial charge in [0.05, 0.1) is 25.4 Å². The van der Waals surface area contributed by atoms with E-state index in [2.05, 4.69) is 10.2 Å². The van der Waals surface area contributed by atoms with E-state index in [4.69, 9.17) is 9.47 Å². The normalized spacial score (nSPS) is 20.7. The largest absolute Gasteiger partial charge is 0.379 e. The van der Waals surface area contributed by atoms with E-state index in [9.17, 15) is 9.18 Å². The van der Waals surface area contributed by atoms with Gasteiger partial charge < -0.3 is 14.8 Å². The van der Waals surface area contributed by atoms with Gasteiger partial charge in [-0.05, 0) is 30.5 Å². The first-order valence-electron chi connectivity index (χ1n) is 9.68. The SMILES string of the molecule is O=C(COC1CCCCC1)NCC(c1ccc(F)cc1)N1CCOCC1. The highest BCUT2D eigenvalue weighted by Gasteiger charge is 2.23. The molecule has 144 valence electrons. The molecule has 5 nitrogen and oxygen atoms in total. The van der Waals surface area contributed by atoms with Crippen molar-refractivity contribution in [3.8, 4) is 0 Å². The molecule has 3 rings (SSSR count). The van der Waals surface area contributed by atoms with Gasteiger partial charge >= 0.3 is 0 Å². The summed E-state index contributed by atoms with van der Waals surface area (Å²) in [6.45, 7) is 3.56. The highest BCUT2D eigenvalue weighted by atomic mass is 19.1. The fraction of sp³-hybridized carbons (Fsp3) is 0.650. The molecule has 1 atom stereocenters. The Bertz CT molecular complexity index is 555. The third kappa shape index (κ3) is 5.76. The summed E-state index contributed by atoms with van der Waals surface area (Å²) in [5, 5.41) is 2.99. The average Bonchev–Trinajstić information content (AvgIpc) is 2.69. The van der Waals surface area contributed by atoms with E-state index >= 15 is 0 Å². The molecule has 1 unspecified atom stereocenters. The van der Waals surface area contributed by atoms with Gasteiger partial charge in [0.25, 0.3) is 0 Å². The summed E-state index contributed by atoms with van der Waals surface area (Å²) in [7, 11) is 0. The number of morpholine rings is 1. The summed E-state index contributed by atoms with van der Waals surface area (Å²) in [4.78, 5) is 14.5. The second-order valence-electron chi connectivity index (χ2n) is 7.09. The first kappa shape index (κ1) is 19.3. The van der Waals surface area contributed by atoms with Gasteiger partial charge in [0.2, 0.25) is 5.91 Å². The number of hydrogen-bond donors (Lipinski definition) is 1. The minimum atomic E-state index is -0.251. The summed E-state index contributed by atoms with van der Waals surface area (Å²) in [6, 6.07) is 6.53. The van der Waals surface area contributed by atoms with E-state index in [1.807, 2.05) is 0 Å². The summed E-state index contributed by atoms with van der Waals surface area (Å²) in [5.74, 6) is -0.338. The van der Waals surface area contributed by atoms with E-state index in [0.717, 1.165) is 31.5 Å².